The topological polar surface area (TPSA) is 38.8 Å². The average molecular weight is 210 g/mol. The zero-order valence-electron chi connectivity index (χ0n) is 9.41. The third kappa shape index (κ3) is 2.59. The Hall–Kier alpha value is -0.830. The molecule has 1 unspecified atom stereocenters. The zero-order valence-corrected chi connectivity index (χ0v) is 9.41. The molecule has 1 fully saturated rings. The van der Waals surface area contributed by atoms with Gasteiger partial charge in [-0.3, -0.25) is 4.79 Å². The van der Waals surface area contributed by atoms with Gasteiger partial charge in [0, 0.05) is 6.92 Å². The van der Waals surface area contributed by atoms with Gasteiger partial charge in [-0.15, -0.1) is 0 Å². The minimum absolute atomic E-state index is 0.142. The molecule has 0 aromatic carbocycles. The summed E-state index contributed by atoms with van der Waals surface area (Å²) in [5, 5.41) is 0. The Bertz CT molecular complexity index is 289. The lowest BCUT2D eigenvalue weighted by atomic mass is 9.82. The molecule has 2 atom stereocenters. The molecule has 2 rings (SSSR count). The highest BCUT2D eigenvalue weighted by Crippen LogP contribution is 2.42. The van der Waals surface area contributed by atoms with Crippen molar-refractivity contribution in [3.05, 3.63) is 11.6 Å². The van der Waals surface area contributed by atoms with Crippen LogP contribution in [-0.2, 0) is 14.3 Å². The molecular formula is C12H18O3. The Balaban J connectivity index is 1.81. The molecule has 0 amide bonds. The fourth-order valence-electron chi connectivity index (χ4n) is 2.12. The molecule has 0 radical (unpaired) electrons. The van der Waals surface area contributed by atoms with Crippen LogP contribution in [0, 0.1) is 5.92 Å². The number of allylic oxidation sites excluding steroid dienone is 1. The second-order valence-electron chi connectivity index (χ2n) is 4.72. The number of carbonyl (C=O) groups is 1. The molecule has 0 bridgehead atoms. The molecule has 1 aliphatic carbocycles. The molecule has 0 N–H and O–H groups in total. The van der Waals surface area contributed by atoms with Gasteiger partial charge in [0.25, 0.3) is 0 Å². The molecule has 15 heavy (non-hydrogen) atoms. The van der Waals surface area contributed by atoms with Crippen LogP contribution in [0.25, 0.3) is 0 Å². The van der Waals surface area contributed by atoms with Crippen LogP contribution in [0.1, 0.15) is 33.1 Å². The molecule has 1 saturated heterocycles. The van der Waals surface area contributed by atoms with Gasteiger partial charge >= 0.3 is 5.97 Å². The monoisotopic (exact) mass is 210 g/mol. The summed E-state index contributed by atoms with van der Waals surface area (Å²) >= 11 is 0. The number of carbonyl (C=O) groups excluding carboxylic acids is 1. The van der Waals surface area contributed by atoms with E-state index in [-0.39, 0.29) is 11.6 Å². The second kappa shape index (κ2) is 3.97. The van der Waals surface area contributed by atoms with Gasteiger partial charge in [0.2, 0.25) is 0 Å². The van der Waals surface area contributed by atoms with E-state index >= 15 is 0 Å². The highest BCUT2D eigenvalue weighted by molar-refractivity contribution is 5.66. The Morgan fingerprint density at radius 1 is 1.73 bits per heavy atom. The van der Waals surface area contributed by atoms with Gasteiger partial charge in [-0.05, 0) is 37.7 Å². The minimum Gasteiger partial charge on any atom is -0.461 e. The van der Waals surface area contributed by atoms with Gasteiger partial charge in [0.15, 0.2) is 0 Å². The van der Waals surface area contributed by atoms with Crippen molar-refractivity contribution in [3.63, 3.8) is 0 Å². The molecule has 0 aromatic rings. The van der Waals surface area contributed by atoms with Gasteiger partial charge in [-0.25, -0.2) is 0 Å². The van der Waals surface area contributed by atoms with Crippen LogP contribution in [0.5, 0.6) is 0 Å². The van der Waals surface area contributed by atoms with E-state index in [2.05, 4.69) is 13.0 Å². The quantitative estimate of drug-likeness (QED) is 0.406. The zero-order chi connectivity index (χ0) is 10.9. The van der Waals surface area contributed by atoms with Crippen LogP contribution < -0.4 is 0 Å². The first-order chi connectivity index (χ1) is 7.10. The molecule has 0 aromatic heterocycles. The average Bonchev–Trinajstić information content (AvgIpc) is 2.96. The highest BCUT2D eigenvalue weighted by Gasteiger charge is 2.46. The summed E-state index contributed by atoms with van der Waals surface area (Å²) in [6.07, 6.45) is 5.47. The van der Waals surface area contributed by atoms with Crippen molar-refractivity contribution in [1.29, 1.82) is 0 Å². The Morgan fingerprint density at radius 2 is 2.47 bits per heavy atom. The van der Waals surface area contributed by atoms with Crippen molar-refractivity contribution in [3.8, 4) is 0 Å². The summed E-state index contributed by atoms with van der Waals surface area (Å²) in [6, 6.07) is 0. The van der Waals surface area contributed by atoms with E-state index in [1.54, 1.807) is 0 Å². The van der Waals surface area contributed by atoms with Gasteiger partial charge < -0.3 is 9.47 Å². The Morgan fingerprint density at radius 3 is 2.93 bits per heavy atom. The van der Waals surface area contributed by atoms with E-state index in [0.717, 1.165) is 25.9 Å². The molecular weight excluding hydrogens is 192 g/mol. The summed E-state index contributed by atoms with van der Waals surface area (Å²) in [7, 11) is 0. The maximum atomic E-state index is 10.7. The van der Waals surface area contributed by atoms with Gasteiger partial charge in [-0.1, -0.05) is 6.08 Å². The van der Waals surface area contributed by atoms with Crippen LogP contribution in [0.3, 0.4) is 0 Å². The Labute approximate surface area is 90.4 Å². The van der Waals surface area contributed by atoms with Crippen molar-refractivity contribution >= 4 is 5.97 Å². The molecule has 0 saturated carbocycles. The summed E-state index contributed by atoms with van der Waals surface area (Å²) in [6.45, 7) is 5.01. The number of ether oxygens (including phenoxy) is 2. The SMILES string of the molecule is CC(=O)OCC1=CC[C@@H](C2(C)CO2)CC1. The fourth-order valence-corrected chi connectivity index (χ4v) is 2.12. The van der Waals surface area contributed by atoms with E-state index in [1.165, 1.54) is 12.5 Å². The van der Waals surface area contributed by atoms with Crippen molar-refractivity contribution in [2.24, 2.45) is 5.92 Å². The minimum atomic E-state index is -0.199. The summed E-state index contributed by atoms with van der Waals surface area (Å²) in [4.78, 5) is 10.7. The number of hydrogen-bond acceptors (Lipinski definition) is 3. The highest BCUT2D eigenvalue weighted by atomic mass is 16.6. The molecule has 0 spiro atoms. The van der Waals surface area contributed by atoms with Crippen LogP contribution >= 0.6 is 0 Å². The standard InChI is InChI=1S/C12H18O3/c1-9(13)14-7-10-3-5-11(6-4-10)12(2)8-15-12/h3,11H,4-8H2,1-2H3/t11-,12?/m1/s1. The van der Waals surface area contributed by atoms with Crippen LogP contribution in [0.2, 0.25) is 0 Å². The van der Waals surface area contributed by atoms with Gasteiger partial charge in [-0.2, -0.15) is 0 Å². The number of epoxide rings is 1. The molecule has 1 heterocycles. The Kier molecular flexibility index (Phi) is 2.83. The van der Waals surface area contributed by atoms with E-state index < -0.39 is 0 Å². The molecule has 3 heteroatoms. The lowest BCUT2D eigenvalue weighted by Crippen LogP contribution is -2.23. The maximum absolute atomic E-state index is 10.7. The van der Waals surface area contributed by atoms with Gasteiger partial charge in [0.05, 0.1) is 12.2 Å². The lowest BCUT2D eigenvalue weighted by molar-refractivity contribution is -0.140. The third-order valence-electron chi connectivity index (χ3n) is 3.43. The molecule has 1 aliphatic heterocycles. The van der Waals surface area contributed by atoms with Crippen molar-refractivity contribution in [1.82, 2.24) is 0 Å². The van der Waals surface area contributed by atoms with Crippen molar-refractivity contribution in [2.75, 3.05) is 13.2 Å². The van der Waals surface area contributed by atoms with Crippen LogP contribution in [-0.4, -0.2) is 24.8 Å². The summed E-state index contributed by atoms with van der Waals surface area (Å²) in [5.41, 5.74) is 1.40. The maximum Gasteiger partial charge on any atom is 0.302 e. The van der Waals surface area contributed by atoms with Crippen LogP contribution in [0.15, 0.2) is 11.6 Å². The first-order valence-electron chi connectivity index (χ1n) is 5.55. The van der Waals surface area contributed by atoms with Crippen molar-refractivity contribution < 1.29 is 14.3 Å². The van der Waals surface area contributed by atoms with Gasteiger partial charge in [0.1, 0.15) is 6.61 Å². The van der Waals surface area contributed by atoms with E-state index in [9.17, 15) is 4.79 Å². The second-order valence-corrected chi connectivity index (χ2v) is 4.72. The normalized spacial score (nSPS) is 34.5. The predicted octanol–water partition coefficient (Wildman–Crippen LogP) is 2.06. The van der Waals surface area contributed by atoms with E-state index in [0.29, 0.717) is 12.5 Å². The summed E-state index contributed by atoms with van der Waals surface area (Å²) in [5.74, 6) is 0.453. The number of rotatable bonds is 3. The van der Waals surface area contributed by atoms with Crippen LogP contribution in [0.4, 0.5) is 0 Å². The van der Waals surface area contributed by atoms with Crippen molar-refractivity contribution in [2.45, 2.75) is 38.7 Å². The molecule has 84 valence electrons. The predicted molar refractivity (Wildman–Crippen MR) is 56.4 cm³/mol. The smallest absolute Gasteiger partial charge is 0.302 e. The number of hydrogen-bond donors (Lipinski definition) is 0. The third-order valence-corrected chi connectivity index (χ3v) is 3.43. The number of esters is 1. The lowest BCUT2D eigenvalue weighted by Gasteiger charge is -2.24. The first kappa shape index (κ1) is 10.7. The fraction of sp³-hybridized carbons (Fsp3) is 0.750. The largest absolute Gasteiger partial charge is 0.461 e. The molecule has 3 nitrogen and oxygen atoms in total. The first-order valence-corrected chi connectivity index (χ1v) is 5.55. The molecule has 2 aliphatic rings. The van der Waals surface area contributed by atoms with E-state index in [4.69, 9.17) is 9.47 Å². The summed E-state index contributed by atoms with van der Waals surface area (Å²) < 4.78 is 10.4. The van der Waals surface area contributed by atoms with E-state index in [1.807, 2.05) is 0 Å².